The Bertz CT molecular complexity index is 444. The van der Waals surface area contributed by atoms with Gasteiger partial charge in [-0.15, -0.1) is 0 Å². The molecule has 3 unspecified atom stereocenters. The van der Waals surface area contributed by atoms with Gasteiger partial charge in [-0.05, 0) is 51.7 Å². The first-order chi connectivity index (χ1) is 10.1. The Balaban J connectivity index is 2.21. The van der Waals surface area contributed by atoms with E-state index in [1.807, 2.05) is 0 Å². The Hall–Kier alpha value is -0.900. The average Bonchev–Trinajstić information content (AvgIpc) is 2.78. The van der Waals surface area contributed by atoms with Gasteiger partial charge in [-0.25, -0.2) is 0 Å². The summed E-state index contributed by atoms with van der Waals surface area (Å²) in [6.07, 6.45) is 1.17. The topological polar surface area (TPSA) is 18.5 Å². The van der Waals surface area contributed by atoms with Crippen molar-refractivity contribution in [1.82, 2.24) is 15.1 Å². The highest BCUT2D eigenvalue weighted by atomic mass is 15.2. The standard InChI is InChI=1S/C18H31N3/c1-6-19-18-16-11-9-8-10-15(16)12-17(18)21(7-2)14(3)13-20(4)5/h8-11,14,17-19H,6-7,12-13H2,1-5H3. The van der Waals surface area contributed by atoms with Crippen LogP contribution in [-0.4, -0.2) is 55.6 Å². The predicted octanol–water partition coefficient (Wildman–Crippen LogP) is 2.53. The van der Waals surface area contributed by atoms with Crippen molar-refractivity contribution in [2.24, 2.45) is 0 Å². The van der Waals surface area contributed by atoms with Crippen molar-refractivity contribution in [2.75, 3.05) is 33.7 Å². The number of hydrogen-bond acceptors (Lipinski definition) is 3. The van der Waals surface area contributed by atoms with Crippen molar-refractivity contribution in [3.63, 3.8) is 0 Å². The second-order valence-corrected chi connectivity index (χ2v) is 6.45. The summed E-state index contributed by atoms with van der Waals surface area (Å²) in [6.45, 7) is 10.1. The molecule has 2 rings (SSSR count). The number of fused-ring (bicyclic) bond motifs is 1. The fourth-order valence-corrected chi connectivity index (χ4v) is 3.85. The van der Waals surface area contributed by atoms with Gasteiger partial charge in [0.25, 0.3) is 0 Å². The van der Waals surface area contributed by atoms with E-state index in [0.717, 1.165) is 19.6 Å². The molecule has 1 aliphatic rings. The van der Waals surface area contributed by atoms with Crippen LogP contribution < -0.4 is 5.32 Å². The van der Waals surface area contributed by atoms with Crippen molar-refractivity contribution in [1.29, 1.82) is 0 Å². The summed E-state index contributed by atoms with van der Waals surface area (Å²) in [5.74, 6) is 0. The van der Waals surface area contributed by atoms with E-state index in [2.05, 4.69) is 74.2 Å². The summed E-state index contributed by atoms with van der Waals surface area (Å²) < 4.78 is 0. The Morgan fingerprint density at radius 1 is 1.24 bits per heavy atom. The minimum absolute atomic E-state index is 0.468. The third-order valence-corrected chi connectivity index (χ3v) is 4.61. The molecule has 0 bridgehead atoms. The van der Waals surface area contributed by atoms with Gasteiger partial charge in [0.05, 0.1) is 0 Å². The van der Waals surface area contributed by atoms with E-state index < -0.39 is 0 Å². The van der Waals surface area contributed by atoms with E-state index in [1.54, 1.807) is 0 Å². The molecule has 3 nitrogen and oxygen atoms in total. The molecule has 0 heterocycles. The first-order valence-corrected chi connectivity index (χ1v) is 8.30. The zero-order valence-corrected chi connectivity index (χ0v) is 14.3. The summed E-state index contributed by atoms with van der Waals surface area (Å²) in [5.41, 5.74) is 3.02. The number of likely N-dealkylation sites (N-methyl/N-ethyl adjacent to an activating group) is 3. The van der Waals surface area contributed by atoms with E-state index in [1.165, 1.54) is 17.5 Å². The third-order valence-electron chi connectivity index (χ3n) is 4.61. The van der Waals surface area contributed by atoms with Crippen LogP contribution in [0.4, 0.5) is 0 Å². The summed E-state index contributed by atoms with van der Waals surface area (Å²) in [4.78, 5) is 4.96. The van der Waals surface area contributed by atoms with Gasteiger partial charge in [0.15, 0.2) is 0 Å². The summed E-state index contributed by atoms with van der Waals surface area (Å²) >= 11 is 0. The van der Waals surface area contributed by atoms with E-state index in [0.29, 0.717) is 18.1 Å². The molecule has 1 aromatic carbocycles. The lowest BCUT2D eigenvalue weighted by atomic mass is 10.0. The zero-order valence-electron chi connectivity index (χ0n) is 14.3. The van der Waals surface area contributed by atoms with Crippen LogP contribution >= 0.6 is 0 Å². The van der Waals surface area contributed by atoms with Gasteiger partial charge in [0.1, 0.15) is 0 Å². The Labute approximate surface area is 130 Å². The summed E-state index contributed by atoms with van der Waals surface area (Å²) in [5, 5.41) is 3.72. The second kappa shape index (κ2) is 7.39. The summed E-state index contributed by atoms with van der Waals surface area (Å²) in [7, 11) is 4.32. The molecule has 0 radical (unpaired) electrons. The molecule has 1 aromatic rings. The van der Waals surface area contributed by atoms with Crippen LogP contribution in [0.3, 0.4) is 0 Å². The molecule has 118 valence electrons. The molecule has 0 amide bonds. The van der Waals surface area contributed by atoms with Gasteiger partial charge in [0.2, 0.25) is 0 Å². The van der Waals surface area contributed by atoms with Crippen LogP contribution in [0.5, 0.6) is 0 Å². The van der Waals surface area contributed by atoms with E-state index in [4.69, 9.17) is 0 Å². The van der Waals surface area contributed by atoms with Crippen LogP contribution in [0.1, 0.15) is 37.9 Å². The number of rotatable bonds is 7. The van der Waals surface area contributed by atoms with Crippen LogP contribution in [0.15, 0.2) is 24.3 Å². The van der Waals surface area contributed by atoms with Crippen LogP contribution in [0, 0.1) is 0 Å². The highest BCUT2D eigenvalue weighted by Gasteiger charge is 2.36. The van der Waals surface area contributed by atoms with E-state index in [9.17, 15) is 0 Å². The molecule has 3 heteroatoms. The molecule has 3 atom stereocenters. The Morgan fingerprint density at radius 3 is 2.57 bits per heavy atom. The van der Waals surface area contributed by atoms with Gasteiger partial charge in [-0.1, -0.05) is 38.1 Å². The van der Waals surface area contributed by atoms with Gasteiger partial charge in [-0.2, -0.15) is 0 Å². The van der Waals surface area contributed by atoms with E-state index >= 15 is 0 Å². The van der Waals surface area contributed by atoms with Gasteiger partial charge >= 0.3 is 0 Å². The number of nitrogens with zero attached hydrogens (tertiary/aromatic N) is 2. The maximum Gasteiger partial charge on any atom is 0.0484 e. The third kappa shape index (κ3) is 3.65. The first-order valence-electron chi connectivity index (χ1n) is 8.30. The number of nitrogens with one attached hydrogen (secondary N) is 1. The largest absolute Gasteiger partial charge is 0.309 e. The van der Waals surface area contributed by atoms with E-state index in [-0.39, 0.29) is 0 Å². The molecule has 0 saturated heterocycles. The fraction of sp³-hybridized carbons (Fsp3) is 0.667. The van der Waals surface area contributed by atoms with Gasteiger partial charge in [0, 0.05) is 24.7 Å². The average molecular weight is 289 g/mol. The minimum Gasteiger partial charge on any atom is -0.309 e. The van der Waals surface area contributed by atoms with Crippen LogP contribution in [0.25, 0.3) is 0 Å². The normalized spacial score (nSPS) is 22.8. The Morgan fingerprint density at radius 2 is 1.95 bits per heavy atom. The van der Waals surface area contributed by atoms with Crippen molar-refractivity contribution in [3.8, 4) is 0 Å². The molecule has 0 aliphatic heterocycles. The van der Waals surface area contributed by atoms with Crippen LogP contribution in [-0.2, 0) is 6.42 Å². The molecule has 21 heavy (non-hydrogen) atoms. The molecule has 0 spiro atoms. The smallest absolute Gasteiger partial charge is 0.0484 e. The van der Waals surface area contributed by atoms with Crippen molar-refractivity contribution < 1.29 is 0 Å². The van der Waals surface area contributed by atoms with Gasteiger partial charge in [-0.3, -0.25) is 4.90 Å². The number of benzene rings is 1. The minimum atomic E-state index is 0.468. The molecular formula is C18H31N3. The predicted molar refractivity (Wildman–Crippen MR) is 90.7 cm³/mol. The first kappa shape index (κ1) is 16.5. The quantitative estimate of drug-likeness (QED) is 0.832. The second-order valence-electron chi connectivity index (χ2n) is 6.45. The number of hydrogen-bond donors (Lipinski definition) is 1. The lowest BCUT2D eigenvalue weighted by Gasteiger charge is -2.38. The highest BCUT2D eigenvalue weighted by Crippen LogP contribution is 2.35. The molecular weight excluding hydrogens is 258 g/mol. The highest BCUT2D eigenvalue weighted by molar-refractivity contribution is 5.37. The van der Waals surface area contributed by atoms with Crippen LogP contribution in [0.2, 0.25) is 0 Å². The molecule has 0 saturated carbocycles. The Kier molecular flexibility index (Phi) is 5.80. The summed E-state index contributed by atoms with van der Waals surface area (Å²) in [6, 6.07) is 10.6. The zero-order chi connectivity index (χ0) is 15.4. The van der Waals surface area contributed by atoms with Crippen molar-refractivity contribution in [3.05, 3.63) is 35.4 Å². The van der Waals surface area contributed by atoms with Crippen molar-refractivity contribution in [2.45, 2.75) is 45.3 Å². The molecule has 0 fully saturated rings. The lowest BCUT2D eigenvalue weighted by molar-refractivity contribution is 0.109. The molecule has 0 aromatic heterocycles. The fourth-order valence-electron chi connectivity index (χ4n) is 3.85. The van der Waals surface area contributed by atoms with Gasteiger partial charge < -0.3 is 10.2 Å². The SMILES string of the molecule is CCNC1c2ccccc2CC1N(CC)C(C)CN(C)C. The monoisotopic (exact) mass is 289 g/mol. The van der Waals surface area contributed by atoms with Crippen molar-refractivity contribution >= 4 is 0 Å². The maximum atomic E-state index is 3.72. The molecule has 1 aliphatic carbocycles. The molecule has 1 N–H and O–H groups in total. The lowest BCUT2D eigenvalue weighted by Crippen LogP contribution is -2.50. The maximum absolute atomic E-state index is 3.72.